The van der Waals surface area contributed by atoms with Gasteiger partial charge in [-0.05, 0) is 79.9 Å². The van der Waals surface area contributed by atoms with Gasteiger partial charge in [0.2, 0.25) is 0 Å². The fourth-order valence-electron chi connectivity index (χ4n) is 5.24. The average molecular weight is 646 g/mol. The van der Waals surface area contributed by atoms with Gasteiger partial charge >= 0.3 is 5.97 Å². The van der Waals surface area contributed by atoms with Crippen LogP contribution in [0.1, 0.15) is 53.9 Å². The molecule has 9 nitrogen and oxygen atoms in total. The number of carbonyl (C=O) groups is 2. The van der Waals surface area contributed by atoms with Crippen molar-refractivity contribution in [2.24, 2.45) is 4.99 Å². The molecule has 3 aromatic carbocycles. The zero-order chi connectivity index (χ0) is 32.2. The van der Waals surface area contributed by atoms with Gasteiger partial charge in [-0.1, -0.05) is 53.3 Å². The van der Waals surface area contributed by atoms with Crippen molar-refractivity contribution in [3.05, 3.63) is 125 Å². The molecule has 1 atom stereocenters. The molecule has 0 fully saturated rings. The van der Waals surface area contributed by atoms with Crippen molar-refractivity contribution in [3.63, 3.8) is 0 Å². The molecule has 0 saturated heterocycles. The van der Waals surface area contributed by atoms with E-state index < -0.39 is 12.0 Å². The Bertz CT molecular complexity index is 1980. The number of carbonyl (C=O) groups excluding carboxylic acids is 1. The van der Waals surface area contributed by atoms with Gasteiger partial charge in [0.25, 0.3) is 11.5 Å². The van der Waals surface area contributed by atoms with Crippen LogP contribution < -0.4 is 24.4 Å². The molecule has 0 saturated carbocycles. The number of fused-ring (bicyclic) bond motifs is 1. The van der Waals surface area contributed by atoms with Crippen molar-refractivity contribution in [1.82, 2.24) is 9.47 Å². The Balaban J connectivity index is 1.53. The monoisotopic (exact) mass is 645 g/mol. The van der Waals surface area contributed by atoms with Crippen LogP contribution in [0.25, 0.3) is 6.08 Å². The molecule has 1 N–H and O–H groups in total. The SMILES string of the molecule is CCN(CC)C(=O)C1=C(C)N=c2s/c(=C/c3ccc(OCc4cccc(C(=O)O)c4)c(OC)c3)c(=O)n2[C@H]1c1ccc(Cl)cc1. The number of nitrogens with zero attached hydrogens (tertiary/aromatic N) is 3. The van der Waals surface area contributed by atoms with Crippen LogP contribution >= 0.6 is 22.9 Å². The Morgan fingerprint density at radius 1 is 1.07 bits per heavy atom. The lowest BCUT2D eigenvalue weighted by Crippen LogP contribution is -2.43. The molecule has 45 heavy (non-hydrogen) atoms. The summed E-state index contributed by atoms with van der Waals surface area (Å²) in [6, 6.07) is 18.3. The van der Waals surface area contributed by atoms with Crippen LogP contribution in [0.15, 0.2) is 87.8 Å². The van der Waals surface area contributed by atoms with Crippen LogP contribution in [-0.4, -0.2) is 46.6 Å². The van der Waals surface area contributed by atoms with E-state index in [1.165, 1.54) is 24.5 Å². The number of benzene rings is 3. The van der Waals surface area contributed by atoms with Crippen molar-refractivity contribution in [2.45, 2.75) is 33.4 Å². The molecular formula is C34H32ClN3O6S. The number of carboxylic acid groups (broad SMARTS) is 1. The van der Waals surface area contributed by atoms with Gasteiger partial charge in [0.05, 0.1) is 34.5 Å². The molecule has 0 radical (unpaired) electrons. The number of ether oxygens (including phenoxy) is 2. The van der Waals surface area contributed by atoms with Gasteiger partial charge in [0.1, 0.15) is 6.61 Å². The highest BCUT2D eigenvalue weighted by Gasteiger charge is 2.34. The lowest BCUT2D eigenvalue weighted by Gasteiger charge is -2.29. The van der Waals surface area contributed by atoms with E-state index in [0.717, 1.165) is 5.56 Å². The minimum absolute atomic E-state index is 0.147. The molecule has 2 heterocycles. The fourth-order valence-corrected chi connectivity index (χ4v) is 6.41. The Morgan fingerprint density at radius 2 is 1.80 bits per heavy atom. The van der Waals surface area contributed by atoms with Crippen molar-refractivity contribution < 1.29 is 24.2 Å². The first-order valence-corrected chi connectivity index (χ1v) is 15.5. The molecule has 5 rings (SSSR count). The summed E-state index contributed by atoms with van der Waals surface area (Å²) in [4.78, 5) is 46.0. The summed E-state index contributed by atoms with van der Waals surface area (Å²) in [7, 11) is 1.52. The van der Waals surface area contributed by atoms with E-state index in [1.807, 2.05) is 26.0 Å². The molecule has 1 aromatic heterocycles. The van der Waals surface area contributed by atoms with Crippen molar-refractivity contribution in [3.8, 4) is 11.5 Å². The molecule has 11 heteroatoms. The first kappa shape index (κ1) is 31.7. The standard InChI is InChI=1S/C34H32ClN3O6S/c1-5-37(6-2)32(40)29-20(3)36-34-38(30(29)23-11-13-25(35)14-12-23)31(39)28(45-34)18-21-10-15-26(27(17-21)43-4)44-19-22-8-7-9-24(16-22)33(41)42/h7-18,30H,5-6,19H2,1-4H3,(H,41,42)/b28-18+/t30-/m0/s1. The zero-order valence-corrected chi connectivity index (χ0v) is 26.8. The summed E-state index contributed by atoms with van der Waals surface area (Å²) in [5, 5.41) is 9.81. The summed E-state index contributed by atoms with van der Waals surface area (Å²) in [5.41, 5.74) is 3.09. The maximum atomic E-state index is 14.0. The highest BCUT2D eigenvalue weighted by atomic mass is 35.5. The average Bonchev–Trinajstić information content (AvgIpc) is 3.34. The Morgan fingerprint density at radius 3 is 2.47 bits per heavy atom. The second-order valence-electron chi connectivity index (χ2n) is 10.3. The third kappa shape index (κ3) is 6.57. The molecule has 232 valence electrons. The van der Waals surface area contributed by atoms with Gasteiger partial charge in [0.15, 0.2) is 16.3 Å². The number of hydrogen-bond donors (Lipinski definition) is 1. The number of halogens is 1. The van der Waals surface area contributed by atoms with Crippen LogP contribution in [0.3, 0.4) is 0 Å². The van der Waals surface area contributed by atoms with E-state index in [0.29, 0.717) is 61.3 Å². The normalized spacial score (nSPS) is 14.5. The van der Waals surface area contributed by atoms with Gasteiger partial charge in [-0.3, -0.25) is 14.2 Å². The summed E-state index contributed by atoms with van der Waals surface area (Å²) < 4.78 is 13.5. The molecule has 1 aliphatic heterocycles. The number of rotatable bonds is 10. The predicted octanol–water partition coefficient (Wildman–Crippen LogP) is 5.04. The van der Waals surface area contributed by atoms with Crippen molar-refractivity contribution >= 4 is 40.9 Å². The third-order valence-corrected chi connectivity index (χ3v) is 8.78. The van der Waals surface area contributed by atoms with Gasteiger partial charge in [0, 0.05) is 18.1 Å². The van der Waals surface area contributed by atoms with Crippen molar-refractivity contribution in [2.75, 3.05) is 20.2 Å². The van der Waals surface area contributed by atoms with E-state index in [-0.39, 0.29) is 23.6 Å². The summed E-state index contributed by atoms with van der Waals surface area (Å²) in [6.07, 6.45) is 1.76. The zero-order valence-electron chi connectivity index (χ0n) is 25.2. The highest BCUT2D eigenvalue weighted by Crippen LogP contribution is 2.32. The van der Waals surface area contributed by atoms with Gasteiger partial charge in [-0.25, -0.2) is 9.79 Å². The highest BCUT2D eigenvalue weighted by molar-refractivity contribution is 7.07. The van der Waals surface area contributed by atoms with E-state index in [4.69, 9.17) is 26.1 Å². The first-order chi connectivity index (χ1) is 21.6. The molecule has 0 aliphatic carbocycles. The van der Waals surface area contributed by atoms with Gasteiger partial charge in [-0.15, -0.1) is 0 Å². The van der Waals surface area contributed by atoms with E-state index in [1.54, 1.807) is 71.0 Å². The largest absolute Gasteiger partial charge is 0.493 e. The molecule has 0 spiro atoms. The van der Waals surface area contributed by atoms with Crippen LogP contribution in [-0.2, 0) is 11.4 Å². The van der Waals surface area contributed by atoms with Crippen LogP contribution in [0.4, 0.5) is 0 Å². The number of hydrogen-bond acceptors (Lipinski definition) is 7. The van der Waals surface area contributed by atoms with E-state index >= 15 is 0 Å². The summed E-state index contributed by atoms with van der Waals surface area (Å²) >= 11 is 7.43. The lowest BCUT2D eigenvalue weighted by molar-refractivity contribution is -0.127. The number of aromatic carboxylic acids is 1. The third-order valence-electron chi connectivity index (χ3n) is 7.54. The quantitative estimate of drug-likeness (QED) is 0.259. The number of aromatic nitrogens is 1. The number of likely N-dealkylation sites (N-methyl/N-ethyl adjacent to an activating group) is 1. The smallest absolute Gasteiger partial charge is 0.335 e. The number of thiazole rings is 1. The molecule has 0 bridgehead atoms. The molecular weight excluding hydrogens is 614 g/mol. The minimum atomic E-state index is -1.01. The second kappa shape index (κ2) is 13.5. The molecule has 1 amide bonds. The van der Waals surface area contributed by atoms with E-state index in [2.05, 4.69) is 0 Å². The number of carboxylic acids is 1. The summed E-state index contributed by atoms with van der Waals surface area (Å²) in [6.45, 7) is 6.85. The Kier molecular flexibility index (Phi) is 9.55. The fraction of sp³-hybridized carbons (Fsp3) is 0.235. The number of methoxy groups -OCH3 is 1. The van der Waals surface area contributed by atoms with Crippen LogP contribution in [0, 0.1) is 0 Å². The Hall–Kier alpha value is -4.67. The summed E-state index contributed by atoms with van der Waals surface area (Å²) in [5.74, 6) is -0.251. The Labute approximate surface area is 268 Å². The van der Waals surface area contributed by atoms with Gasteiger partial charge in [-0.2, -0.15) is 0 Å². The minimum Gasteiger partial charge on any atom is -0.493 e. The maximum Gasteiger partial charge on any atom is 0.335 e. The maximum absolute atomic E-state index is 14.0. The number of allylic oxidation sites excluding steroid dienone is 1. The van der Waals surface area contributed by atoms with Crippen LogP contribution in [0.2, 0.25) is 5.02 Å². The first-order valence-electron chi connectivity index (χ1n) is 14.4. The van der Waals surface area contributed by atoms with Crippen LogP contribution in [0.5, 0.6) is 11.5 Å². The molecule has 0 unspecified atom stereocenters. The second-order valence-corrected chi connectivity index (χ2v) is 11.8. The predicted molar refractivity (Wildman–Crippen MR) is 174 cm³/mol. The molecule has 1 aliphatic rings. The lowest BCUT2D eigenvalue weighted by atomic mass is 9.94. The van der Waals surface area contributed by atoms with Crippen molar-refractivity contribution in [1.29, 1.82) is 0 Å². The number of amides is 1. The van der Waals surface area contributed by atoms with Gasteiger partial charge < -0.3 is 19.5 Å². The molecule has 4 aromatic rings. The van der Waals surface area contributed by atoms with E-state index in [9.17, 15) is 19.5 Å². The topological polar surface area (TPSA) is 110 Å².